The molecule has 0 saturated heterocycles. The predicted octanol–water partition coefficient (Wildman–Crippen LogP) is 3.52. The van der Waals surface area contributed by atoms with Gasteiger partial charge in [-0.25, -0.2) is 17.9 Å². The van der Waals surface area contributed by atoms with Crippen LogP contribution in [0.1, 0.15) is 63.4 Å². The average molecular weight is 338 g/mol. The Balaban J connectivity index is 1.98. The number of sulfonamides is 1. The number of hydrogen-bond acceptors (Lipinski definition) is 3. The summed E-state index contributed by atoms with van der Waals surface area (Å²) in [4.78, 5) is 11.7. The zero-order valence-electron chi connectivity index (χ0n) is 13.7. The van der Waals surface area contributed by atoms with Gasteiger partial charge in [0, 0.05) is 6.54 Å². The molecule has 6 heteroatoms. The van der Waals surface area contributed by atoms with Crippen molar-refractivity contribution in [2.75, 3.05) is 6.54 Å². The van der Waals surface area contributed by atoms with E-state index in [1.54, 1.807) is 12.1 Å². The molecule has 1 fully saturated rings. The lowest BCUT2D eigenvalue weighted by Gasteiger charge is -2.22. The van der Waals surface area contributed by atoms with E-state index in [4.69, 9.17) is 0 Å². The van der Waals surface area contributed by atoms with Crippen molar-refractivity contribution in [1.82, 2.24) is 10.0 Å². The Hall–Kier alpha value is -1.56. The summed E-state index contributed by atoms with van der Waals surface area (Å²) in [5.41, 5.74) is 1.19. The van der Waals surface area contributed by atoms with Crippen molar-refractivity contribution in [1.29, 1.82) is 0 Å². The van der Waals surface area contributed by atoms with Crippen molar-refractivity contribution in [2.24, 2.45) is 0 Å². The number of unbranched alkanes of at least 4 members (excludes halogenated alkanes) is 1. The number of benzene rings is 1. The normalized spacial score (nSPS) is 16.0. The van der Waals surface area contributed by atoms with Crippen LogP contribution in [0.15, 0.2) is 29.2 Å². The van der Waals surface area contributed by atoms with Gasteiger partial charge in [0.2, 0.25) is 0 Å². The fourth-order valence-electron chi connectivity index (χ4n) is 2.95. The molecule has 128 valence electrons. The van der Waals surface area contributed by atoms with Crippen LogP contribution in [0.5, 0.6) is 0 Å². The van der Waals surface area contributed by atoms with Crippen molar-refractivity contribution >= 4 is 16.1 Å². The van der Waals surface area contributed by atoms with Crippen LogP contribution >= 0.6 is 0 Å². The van der Waals surface area contributed by atoms with Crippen LogP contribution in [-0.4, -0.2) is 21.0 Å². The standard InChI is InChI=1S/C17H26N2O3S/c1-2-3-13-18-17(20)19-23(21,22)16-11-9-15(10-12-16)14-7-5-4-6-8-14/h9-12,14H,2-8,13H2,1H3,(H2,18,19,20). The predicted molar refractivity (Wildman–Crippen MR) is 90.9 cm³/mol. The summed E-state index contributed by atoms with van der Waals surface area (Å²) >= 11 is 0. The van der Waals surface area contributed by atoms with E-state index >= 15 is 0 Å². The monoisotopic (exact) mass is 338 g/mol. The molecule has 2 N–H and O–H groups in total. The van der Waals surface area contributed by atoms with Crippen LogP contribution in [0.25, 0.3) is 0 Å². The Morgan fingerprint density at radius 3 is 2.39 bits per heavy atom. The first-order valence-corrected chi connectivity index (χ1v) is 9.92. The highest BCUT2D eigenvalue weighted by atomic mass is 32.2. The topological polar surface area (TPSA) is 75.3 Å². The smallest absolute Gasteiger partial charge is 0.328 e. The van der Waals surface area contributed by atoms with Gasteiger partial charge in [-0.05, 0) is 42.9 Å². The molecule has 0 atom stereocenters. The van der Waals surface area contributed by atoms with Crippen LogP contribution in [0.3, 0.4) is 0 Å². The van der Waals surface area contributed by atoms with Crippen molar-refractivity contribution < 1.29 is 13.2 Å². The first-order chi connectivity index (χ1) is 11.0. The van der Waals surface area contributed by atoms with Gasteiger partial charge in [0.15, 0.2) is 0 Å². The van der Waals surface area contributed by atoms with Gasteiger partial charge in [0.05, 0.1) is 4.90 Å². The second-order valence-corrected chi connectivity index (χ2v) is 7.80. The molecule has 1 saturated carbocycles. The fraction of sp³-hybridized carbons (Fsp3) is 0.588. The molecule has 0 aliphatic heterocycles. The summed E-state index contributed by atoms with van der Waals surface area (Å²) in [5.74, 6) is 0.533. The van der Waals surface area contributed by atoms with Gasteiger partial charge in [-0.15, -0.1) is 0 Å². The molecule has 2 amide bonds. The van der Waals surface area contributed by atoms with E-state index in [1.165, 1.54) is 37.7 Å². The molecule has 1 aromatic rings. The first kappa shape index (κ1) is 17.8. The van der Waals surface area contributed by atoms with Crippen LogP contribution < -0.4 is 10.0 Å². The summed E-state index contributed by atoms with van der Waals surface area (Å²) in [6.07, 6.45) is 7.88. The maximum Gasteiger partial charge on any atom is 0.328 e. The van der Waals surface area contributed by atoms with Crippen LogP contribution in [0.2, 0.25) is 0 Å². The van der Waals surface area contributed by atoms with E-state index in [9.17, 15) is 13.2 Å². The number of carbonyl (C=O) groups is 1. The second-order valence-electron chi connectivity index (χ2n) is 6.12. The minimum atomic E-state index is -3.81. The fourth-order valence-corrected chi connectivity index (χ4v) is 3.88. The lowest BCUT2D eigenvalue weighted by molar-refractivity contribution is 0.245. The number of nitrogens with one attached hydrogen (secondary N) is 2. The summed E-state index contributed by atoms with van der Waals surface area (Å²) in [6, 6.07) is 6.26. The lowest BCUT2D eigenvalue weighted by atomic mass is 9.84. The van der Waals surface area contributed by atoms with Gasteiger partial charge < -0.3 is 5.32 Å². The van der Waals surface area contributed by atoms with Crippen molar-refractivity contribution in [3.05, 3.63) is 29.8 Å². The second kappa shape index (κ2) is 8.34. The molecule has 0 bridgehead atoms. The Labute approximate surface area is 138 Å². The Kier molecular flexibility index (Phi) is 6.45. The Morgan fingerprint density at radius 2 is 1.78 bits per heavy atom. The molecule has 1 aliphatic carbocycles. The van der Waals surface area contributed by atoms with Gasteiger partial charge in [0.1, 0.15) is 0 Å². The Bertz CT molecular complexity index is 605. The number of rotatable bonds is 6. The zero-order chi connectivity index (χ0) is 16.7. The van der Waals surface area contributed by atoms with Gasteiger partial charge >= 0.3 is 6.03 Å². The molecule has 0 radical (unpaired) electrons. The van der Waals surface area contributed by atoms with Crippen LogP contribution in [0.4, 0.5) is 4.79 Å². The minimum absolute atomic E-state index is 0.128. The van der Waals surface area contributed by atoms with E-state index in [0.717, 1.165) is 12.8 Å². The molecule has 0 unspecified atom stereocenters. The Morgan fingerprint density at radius 1 is 1.13 bits per heavy atom. The third-order valence-electron chi connectivity index (χ3n) is 4.31. The third kappa shape index (κ3) is 5.23. The molecule has 23 heavy (non-hydrogen) atoms. The molecule has 2 rings (SSSR count). The summed E-state index contributed by atoms with van der Waals surface area (Å²) < 4.78 is 26.4. The van der Waals surface area contributed by atoms with Gasteiger partial charge in [-0.2, -0.15) is 0 Å². The van der Waals surface area contributed by atoms with E-state index in [0.29, 0.717) is 12.5 Å². The SMILES string of the molecule is CCCCNC(=O)NS(=O)(=O)c1ccc(C2CCCCC2)cc1. The zero-order valence-corrected chi connectivity index (χ0v) is 14.5. The quantitative estimate of drug-likeness (QED) is 0.779. The highest BCUT2D eigenvalue weighted by molar-refractivity contribution is 7.90. The molecule has 5 nitrogen and oxygen atoms in total. The van der Waals surface area contributed by atoms with Crippen molar-refractivity contribution in [3.8, 4) is 0 Å². The van der Waals surface area contributed by atoms with Gasteiger partial charge in [-0.3, -0.25) is 0 Å². The van der Waals surface area contributed by atoms with Gasteiger partial charge in [-0.1, -0.05) is 44.7 Å². The number of urea groups is 1. The van der Waals surface area contributed by atoms with E-state index in [2.05, 4.69) is 10.0 Å². The van der Waals surface area contributed by atoms with Crippen LogP contribution in [-0.2, 0) is 10.0 Å². The molecular weight excluding hydrogens is 312 g/mol. The summed E-state index contributed by atoms with van der Waals surface area (Å²) in [5, 5.41) is 2.54. The van der Waals surface area contributed by atoms with Crippen molar-refractivity contribution in [3.63, 3.8) is 0 Å². The number of amides is 2. The molecule has 0 heterocycles. The highest BCUT2D eigenvalue weighted by Crippen LogP contribution is 2.32. The van der Waals surface area contributed by atoms with E-state index in [1.807, 2.05) is 19.1 Å². The average Bonchev–Trinajstić information content (AvgIpc) is 2.55. The molecule has 0 aromatic heterocycles. The summed E-state index contributed by atoms with van der Waals surface area (Å²) in [6.45, 7) is 2.47. The maximum absolute atomic E-state index is 12.2. The van der Waals surface area contributed by atoms with Crippen LogP contribution in [0, 0.1) is 0 Å². The largest absolute Gasteiger partial charge is 0.337 e. The maximum atomic E-state index is 12.2. The molecular formula is C17H26N2O3S. The highest BCUT2D eigenvalue weighted by Gasteiger charge is 2.19. The molecule has 1 aliphatic rings. The number of hydrogen-bond donors (Lipinski definition) is 2. The van der Waals surface area contributed by atoms with E-state index in [-0.39, 0.29) is 4.90 Å². The van der Waals surface area contributed by atoms with Crippen molar-refractivity contribution in [2.45, 2.75) is 62.7 Å². The lowest BCUT2D eigenvalue weighted by Crippen LogP contribution is -2.39. The summed E-state index contributed by atoms with van der Waals surface area (Å²) in [7, 11) is -3.81. The van der Waals surface area contributed by atoms with Gasteiger partial charge in [0.25, 0.3) is 10.0 Å². The third-order valence-corrected chi connectivity index (χ3v) is 5.66. The first-order valence-electron chi connectivity index (χ1n) is 8.43. The van der Waals surface area contributed by atoms with E-state index < -0.39 is 16.1 Å². The molecule has 0 spiro atoms. The molecule has 1 aromatic carbocycles. The number of carbonyl (C=O) groups excluding carboxylic acids is 1. The minimum Gasteiger partial charge on any atom is -0.337 e.